The van der Waals surface area contributed by atoms with Gasteiger partial charge in [0.25, 0.3) is 0 Å². The van der Waals surface area contributed by atoms with Crippen LogP contribution < -0.4 is 10.2 Å². The number of fused-ring (bicyclic) bond motifs is 2. The van der Waals surface area contributed by atoms with Crippen LogP contribution in [0, 0.1) is 0 Å². The number of aromatic amines is 2. The Balaban J connectivity index is 1.51. The summed E-state index contributed by atoms with van der Waals surface area (Å²) in [4.78, 5) is 18.5. The summed E-state index contributed by atoms with van der Waals surface area (Å²) in [5.74, 6) is 1.29. The summed E-state index contributed by atoms with van der Waals surface area (Å²) in [5.41, 5.74) is 3.88. The van der Waals surface area contributed by atoms with Crippen molar-refractivity contribution >= 4 is 80.1 Å². The van der Waals surface area contributed by atoms with Gasteiger partial charge in [-0.15, -0.1) is 0 Å². The minimum Gasteiger partial charge on any atom is -0.342 e. The number of imidazole rings is 2. The molecule has 4 aromatic carbocycles. The summed E-state index contributed by atoms with van der Waals surface area (Å²) in [6, 6.07) is 26.5. The van der Waals surface area contributed by atoms with E-state index in [2.05, 4.69) is 21.9 Å². The first kappa shape index (κ1) is 28.6. The number of benzene rings is 4. The minimum absolute atomic E-state index is 0.416. The van der Waals surface area contributed by atoms with Gasteiger partial charge in [0, 0.05) is 22.0 Å². The average Bonchev–Trinajstić information content (AvgIpc) is 3.57. The molecule has 0 saturated heterocycles. The lowest BCUT2D eigenvalue weighted by Gasteiger charge is -2.40. The maximum atomic E-state index is 6.85. The van der Waals surface area contributed by atoms with Crippen molar-refractivity contribution in [2.75, 3.05) is 4.90 Å². The predicted octanol–water partition coefficient (Wildman–Crippen LogP) is 9.45. The average molecular weight is 636 g/mol. The van der Waals surface area contributed by atoms with Gasteiger partial charge in [-0.05, 0) is 55.5 Å². The van der Waals surface area contributed by atoms with Crippen LogP contribution in [-0.2, 0) is 12.0 Å². The molecule has 2 heterocycles. The van der Waals surface area contributed by atoms with Gasteiger partial charge in [-0.1, -0.05) is 95.5 Å². The summed E-state index contributed by atoms with van der Waals surface area (Å²) >= 11 is 27.3. The molecule has 0 saturated carbocycles. The Kier molecular flexibility index (Phi) is 7.92. The number of nitrogens with zero attached hydrogens (tertiary/aromatic N) is 3. The molecule has 0 fully saturated rings. The highest BCUT2D eigenvalue weighted by Crippen LogP contribution is 2.41. The van der Waals surface area contributed by atoms with Gasteiger partial charge in [-0.25, -0.2) is 9.97 Å². The Morgan fingerprint density at radius 3 is 1.90 bits per heavy atom. The smallest absolute Gasteiger partial charge is 0.210 e. The van der Waals surface area contributed by atoms with E-state index >= 15 is 0 Å². The molecule has 2 aromatic heterocycles. The lowest BCUT2D eigenvalue weighted by Crippen LogP contribution is -2.53. The molecule has 6 aromatic rings. The largest absolute Gasteiger partial charge is 0.342 e. The number of H-pyrrole nitrogens is 2. The second-order valence-electron chi connectivity index (χ2n) is 10.1. The van der Waals surface area contributed by atoms with E-state index in [9.17, 15) is 0 Å². The fourth-order valence-electron chi connectivity index (χ4n) is 5.37. The molecule has 0 spiro atoms. The molecule has 0 aliphatic heterocycles. The van der Waals surface area contributed by atoms with Crippen molar-refractivity contribution in [3.8, 4) is 0 Å². The maximum Gasteiger partial charge on any atom is 0.210 e. The lowest BCUT2D eigenvalue weighted by molar-refractivity contribution is 0.332. The van der Waals surface area contributed by atoms with E-state index in [1.54, 1.807) is 24.3 Å². The van der Waals surface area contributed by atoms with Crippen molar-refractivity contribution in [3.63, 3.8) is 0 Å². The number of hydrogen-bond acceptors (Lipinski definition) is 4. The molecule has 0 amide bonds. The summed E-state index contributed by atoms with van der Waals surface area (Å²) in [7, 11) is 0. The van der Waals surface area contributed by atoms with Crippen LogP contribution in [0.25, 0.3) is 22.1 Å². The highest BCUT2D eigenvalue weighted by Gasteiger charge is 2.37. The zero-order valence-corrected chi connectivity index (χ0v) is 25.5. The van der Waals surface area contributed by atoms with E-state index in [1.165, 1.54) is 0 Å². The van der Waals surface area contributed by atoms with Crippen molar-refractivity contribution in [2.45, 2.75) is 25.0 Å². The molecule has 3 N–H and O–H groups in total. The third kappa shape index (κ3) is 5.37. The minimum atomic E-state index is -0.861. The zero-order chi connectivity index (χ0) is 29.4. The van der Waals surface area contributed by atoms with Crippen molar-refractivity contribution in [1.82, 2.24) is 25.3 Å². The molecule has 212 valence electrons. The second-order valence-corrected chi connectivity index (χ2v) is 11.8. The van der Waals surface area contributed by atoms with E-state index in [0.717, 1.165) is 33.5 Å². The predicted molar refractivity (Wildman–Crippen MR) is 175 cm³/mol. The summed E-state index contributed by atoms with van der Waals surface area (Å²) < 4.78 is 0. The lowest BCUT2D eigenvalue weighted by atomic mass is 9.87. The molecule has 0 radical (unpaired) electrons. The fourth-order valence-corrected chi connectivity index (χ4v) is 6.76. The third-order valence-electron chi connectivity index (χ3n) is 7.23. The standard InChI is InChI=1S/C32H26Cl4N6/c1-3-28(42(30-21(35)12-9-13-22(30)36)31-39-25-16-6-7-17-26(25)40-31)41-32(2,29-19(33)10-8-11-20(29)34)18-27-37-23-14-4-5-15-24(23)38-27/h3-17,28,41H,1,18H2,2H3,(H,37,38)(H,39,40). The molecule has 2 unspecified atom stereocenters. The second kappa shape index (κ2) is 11.6. The van der Waals surface area contributed by atoms with E-state index in [0.29, 0.717) is 38.1 Å². The van der Waals surface area contributed by atoms with Crippen molar-refractivity contribution < 1.29 is 0 Å². The monoisotopic (exact) mass is 634 g/mol. The molecule has 0 aliphatic rings. The summed E-state index contributed by atoms with van der Waals surface area (Å²) in [6.45, 7) is 6.23. The summed E-state index contributed by atoms with van der Waals surface area (Å²) in [6.07, 6.45) is 1.60. The number of hydrogen-bond donors (Lipinski definition) is 3. The van der Waals surface area contributed by atoms with Crippen LogP contribution in [0.1, 0.15) is 18.3 Å². The van der Waals surface area contributed by atoms with Gasteiger partial charge in [0.05, 0.1) is 43.3 Å². The Hall–Kier alpha value is -3.52. The number of aromatic nitrogens is 4. The molecule has 6 rings (SSSR count). The molecule has 6 nitrogen and oxygen atoms in total. The normalized spacial score (nSPS) is 13.7. The van der Waals surface area contributed by atoms with Crippen LogP contribution >= 0.6 is 46.4 Å². The van der Waals surface area contributed by atoms with Crippen LogP contribution in [0.15, 0.2) is 97.6 Å². The number of anilines is 2. The quantitative estimate of drug-likeness (QED) is 0.109. The fraction of sp³-hybridized carbons (Fsp3) is 0.125. The van der Waals surface area contributed by atoms with Crippen molar-refractivity contribution in [2.24, 2.45) is 0 Å². The van der Waals surface area contributed by atoms with Crippen molar-refractivity contribution in [1.29, 1.82) is 0 Å². The van der Waals surface area contributed by atoms with Gasteiger partial charge >= 0.3 is 0 Å². The SMILES string of the molecule is C=CC(NC(C)(Cc1nc2ccccc2[nH]1)c1c(Cl)cccc1Cl)N(c1nc2ccccc2[nH]1)c1c(Cl)cccc1Cl. The van der Waals surface area contributed by atoms with Gasteiger partial charge in [-0.3, -0.25) is 10.2 Å². The van der Waals surface area contributed by atoms with Gasteiger partial charge in [0.15, 0.2) is 0 Å². The highest BCUT2D eigenvalue weighted by atomic mass is 35.5. The number of nitrogens with one attached hydrogen (secondary N) is 3. The molecular weight excluding hydrogens is 610 g/mol. The first-order valence-electron chi connectivity index (χ1n) is 13.2. The Labute approximate surface area is 263 Å². The number of para-hydroxylation sites is 5. The molecular formula is C32H26Cl4N6. The third-order valence-corrected chi connectivity index (χ3v) is 8.47. The first-order valence-corrected chi connectivity index (χ1v) is 14.7. The van der Waals surface area contributed by atoms with Crippen LogP contribution in [0.3, 0.4) is 0 Å². The first-order chi connectivity index (χ1) is 20.3. The van der Waals surface area contributed by atoms with E-state index in [4.69, 9.17) is 56.4 Å². The number of rotatable bonds is 9. The summed E-state index contributed by atoms with van der Waals surface area (Å²) in [5, 5.41) is 5.70. The Bertz CT molecular complexity index is 1810. The van der Waals surface area contributed by atoms with E-state index in [1.807, 2.05) is 78.6 Å². The van der Waals surface area contributed by atoms with Crippen LogP contribution in [0.2, 0.25) is 20.1 Å². The van der Waals surface area contributed by atoms with E-state index < -0.39 is 11.7 Å². The van der Waals surface area contributed by atoms with Crippen LogP contribution in [0.5, 0.6) is 0 Å². The molecule has 42 heavy (non-hydrogen) atoms. The molecule has 2 atom stereocenters. The van der Waals surface area contributed by atoms with Crippen LogP contribution in [0.4, 0.5) is 11.6 Å². The topological polar surface area (TPSA) is 72.6 Å². The highest BCUT2D eigenvalue weighted by molar-refractivity contribution is 6.39. The van der Waals surface area contributed by atoms with Gasteiger partial charge in [0.1, 0.15) is 12.0 Å². The Morgan fingerprint density at radius 2 is 1.33 bits per heavy atom. The van der Waals surface area contributed by atoms with Gasteiger partial charge in [-0.2, -0.15) is 0 Å². The molecule has 0 bridgehead atoms. The molecule has 0 aliphatic carbocycles. The van der Waals surface area contributed by atoms with E-state index in [-0.39, 0.29) is 0 Å². The van der Waals surface area contributed by atoms with Gasteiger partial charge in [0.2, 0.25) is 5.95 Å². The Morgan fingerprint density at radius 1 is 0.786 bits per heavy atom. The molecule has 10 heteroatoms. The zero-order valence-electron chi connectivity index (χ0n) is 22.5. The van der Waals surface area contributed by atoms with Gasteiger partial charge < -0.3 is 9.97 Å². The van der Waals surface area contributed by atoms with Crippen LogP contribution in [-0.4, -0.2) is 26.1 Å². The van der Waals surface area contributed by atoms with Crippen molar-refractivity contribution in [3.05, 3.63) is 129 Å². The number of halogens is 4. The maximum absolute atomic E-state index is 6.85.